The third-order valence-corrected chi connectivity index (χ3v) is 4.81. The predicted molar refractivity (Wildman–Crippen MR) is 68.4 cm³/mol. The number of hydrogen-bond donors (Lipinski definition) is 2. The van der Waals surface area contributed by atoms with Crippen molar-refractivity contribution in [2.24, 2.45) is 5.92 Å². The van der Waals surface area contributed by atoms with Gasteiger partial charge in [-0.1, -0.05) is 6.92 Å². The lowest BCUT2D eigenvalue weighted by atomic mass is 10.0. The lowest BCUT2D eigenvalue weighted by Gasteiger charge is -2.31. The van der Waals surface area contributed by atoms with Gasteiger partial charge in [-0.2, -0.15) is 17.4 Å². The Kier molecular flexibility index (Phi) is 5.55. The molecule has 7 heteroatoms. The fraction of sp³-hybridized carbons (Fsp3) is 0.909. The Morgan fingerprint density at radius 2 is 2.22 bits per heavy atom. The van der Waals surface area contributed by atoms with Crippen LogP contribution in [-0.4, -0.2) is 42.9 Å². The Balaban J connectivity index is 2.50. The van der Waals surface area contributed by atoms with Crippen LogP contribution < -0.4 is 4.72 Å². The molecule has 1 rings (SSSR count). The number of aliphatic carboxylic acids is 1. The average molecular weight is 278 g/mol. The van der Waals surface area contributed by atoms with Gasteiger partial charge in [-0.05, 0) is 32.1 Å². The molecule has 0 spiro atoms. The summed E-state index contributed by atoms with van der Waals surface area (Å²) < 4.78 is 28.1. The minimum absolute atomic E-state index is 0.0277. The highest BCUT2D eigenvalue weighted by molar-refractivity contribution is 7.87. The minimum Gasteiger partial charge on any atom is -0.481 e. The van der Waals surface area contributed by atoms with Gasteiger partial charge in [0.05, 0.1) is 0 Å². The van der Waals surface area contributed by atoms with E-state index < -0.39 is 16.2 Å². The molecule has 1 aliphatic heterocycles. The molecule has 2 atom stereocenters. The molecule has 2 unspecified atom stereocenters. The molecular weight excluding hydrogens is 256 g/mol. The molecule has 6 nitrogen and oxygen atoms in total. The first-order chi connectivity index (χ1) is 8.31. The highest BCUT2D eigenvalue weighted by Crippen LogP contribution is 2.18. The van der Waals surface area contributed by atoms with Gasteiger partial charge in [-0.15, -0.1) is 0 Å². The zero-order valence-corrected chi connectivity index (χ0v) is 11.7. The molecule has 1 aliphatic rings. The van der Waals surface area contributed by atoms with Crippen molar-refractivity contribution in [3.63, 3.8) is 0 Å². The van der Waals surface area contributed by atoms with E-state index in [9.17, 15) is 13.2 Å². The van der Waals surface area contributed by atoms with Gasteiger partial charge in [0.2, 0.25) is 0 Å². The molecule has 0 aromatic heterocycles. The summed E-state index contributed by atoms with van der Waals surface area (Å²) in [5.74, 6) is -0.530. The minimum atomic E-state index is -3.47. The van der Waals surface area contributed by atoms with Crippen LogP contribution in [0, 0.1) is 5.92 Å². The van der Waals surface area contributed by atoms with Gasteiger partial charge in [0.25, 0.3) is 10.2 Å². The molecule has 2 N–H and O–H groups in total. The number of nitrogens with one attached hydrogen (secondary N) is 1. The number of hydrogen-bond acceptors (Lipinski definition) is 3. The maximum Gasteiger partial charge on any atom is 0.303 e. The summed E-state index contributed by atoms with van der Waals surface area (Å²) in [7, 11) is -3.47. The molecule has 0 aromatic rings. The van der Waals surface area contributed by atoms with Gasteiger partial charge in [-0.3, -0.25) is 4.79 Å². The highest BCUT2D eigenvalue weighted by Gasteiger charge is 2.27. The fourth-order valence-electron chi connectivity index (χ4n) is 2.09. The van der Waals surface area contributed by atoms with Crippen molar-refractivity contribution in [3.8, 4) is 0 Å². The Bertz CT molecular complexity index is 383. The SMILES string of the molecule is CC1CCCN(S(=O)(=O)NC(C)CCC(=O)O)C1. The molecule has 0 bridgehead atoms. The van der Waals surface area contributed by atoms with Crippen LogP contribution in [0.4, 0.5) is 0 Å². The van der Waals surface area contributed by atoms with Crippen molar-refractivity contribution in [2.45, 2.75) is 45.6 Å². The number of carbonyl (C=O) groups is 1. The van der Waals surface area contributed by atoms with Gasteiger partial charge in [0, 0.05) is 25.6 Å². The topological polar surface area (TPSA) is 86.7 Å². The molecular formula is C11H22N2O4S. The van der Waals surface area contributed by atoms with Gasteiger partial charge in [-0.25, -0.2) is 0 Å². The zero-order valence-electron chi connectivity index (χ0n) is 10.9. The third-order valence-electron chi connectivity index (χ3n) is 3.10. The molecule has 0 radical (unpaired) electrons. The van der Waals surface area contributed by atoms with Crippen LogP contribution in [0.25, 0.3) is 0 Å². The zero-order chi connectivity index (χ0) is 13.8. The Morgan fingerprint density at radius 3 is 2.78 bits per heavy atom. The van der Waals surface area contributed by atoms with E-state index in [4.69, 9.17) is 5.11 Å². The van der Waals surface area contributed by atoms with Crippen molar-refractivity contribution in [1.82, 2.24) is 9.03 Å². The molecule has 0 aliphatic carbocycles. The maximum atomic E-state index is 12.1. The van der Waals surface area contributed by atoms with Crippen LogP contribution in [0.2, 0.25) is 0 Å². The second kappa shape index (κ2) is 6.49. The molecule has 1 heterocycles. The van der Waals surface area contributed by atoms with Crippen LogP contribution >= 0.6 is 0 Å². The van der Waals surface area contributed by atoms with Crippen molar-refractivity contribution in [2.75, 3.05) is 13.1 Å². The van der Waals surface area contributed by atoms with Crippen LogP contribution in [0.3, 0.4) is 0 Å². The molecule has 1 saturated heterocycles. The van der Waals surface area contributed by atoms with Crippen molar-refractivity contribution >= 4 is 16.2 Å². The van der Waals surface area contributed by atoms with Crippen LogP contribution in [0.15, 0.2) is 0 Å². The summed E-state index contributed by atoms with van der Waals surface area (Å²) in [6.45, 7) is 4.82. The summed E-state index contributed by atoms with van der Waals surface area (Å²) in [6, 6.07) is -0.358. The number of piperidine rings is 1. The first-order valence-electron chi connectivity index (χ1n) is 6.30. The summed E-state index contributed by atoms with van der Waals surface area (Å²) in [4.78, 5) is 10.4. The Labute approximate surface area is 109 Å². The highest BCUT2D eigenvalue weighted by atomic mass is 32.2. The number of carboxylic acid groups (broad SMARTS) is 1. The first-order valence-corrected chi connectivity index (χ1v) is 7.74. The second-order valence-corrected chi connectivity index (χ2v) is 6.76. The molecule has 18 heavy (non-hydrogen) atoms. The molecule has 0 aromatic carbocycles. The van der Waals surface area contributed by atoms with E-state index in [0.717, 1.165) is 12.8 Å². The summed E-state index contributed by atoms with van der Waals surface area (Å²) in [5.41, 5.74) is 0. The summed E-state index contributed by atoms with van der Waals surface area (Å²) in [5, 5.41) is 8.56. The quantitative estimate of drug-likeness (QED) is 0.752. The lowest BCUT2D eigenvalue weighted by molar-refractivity contribution is -0.137. The summed E-state index contributed by atoms with van der Waals surface area (Å²) in [6.07, 6.45) is 2.21. The van der Waals surface area contributed by atoms with Crippen molar-refractivity contribution in [3.05, 3.63) is 0 Å². The van der Waals surface area contributed by atoms with E-state index in [0.29, 0.717) is 25.4 Å². The normalized spacial score (nSPS) is 23.8. The van der Waals surface area contributed by atoms with Gasteiger partial charge < -0.3 is 5.11 Å². The van der Waals surface area contributed by atoms with E-state index in [1.54, 1.807) is 6.92 Å². The first kappa shape index (κ1) is 15.4. The standard InChI is InChI=1S/C11H22N2O4S/c1-9-4-3-7-13(8-9)18(16,17)12-10(2)5-6-11(14)15/h9-10,12H,3-8H2,1-2H3,(H,14,15). The van der Waals surface area contributed by atoms with Crippen LogP contribution in [0.5, 0.6) is 0 Å². The third kappa shape index (κ3) is 4.91. The smallest absolute Gasteiger partial charge is 0.303 e. The Morgan fingerprint density at radius 1 is 1.56 bits per heavy atom. The molecule has 0 amide bonds. The largest absolute Gasteiger partial charge is 0.481 e. The van der Waals surface area contributed by atoms with E-state index in [1.165, 1.54) is 4.31 Å². The summed E-state index contributed by atoms with van der Waals surface area (Å²) >= 11 is 0. The second-order valence-electron chi connectivity index (χ2n) is 5.06. The molecule has 1 fully saturated rings. The van der Waals surface area contributed by atoms with E-state index in [-0.39, 0.29) is 12.5 Å². The lowest BCUT2D eigenvalue weighted by Crippen LogP contribution is -2.48. The fourth-order valence-corrected chi connectivity index (χ4v) is 3.69. The predicted octanol–water partition coefficient (Wildman–Crippen LogP) is 0.806. The van der Waals surface area contributed by atoms with Gasteiger partial charge in [0.1, 0.15) is 0 Å². The van der Waals surface area contributed by atoms with Crippen LogP contribution in [0.1, 0.15) is 39.5 Å². The Hall–Kier alpha value is -0.660. The molecule has 106 valence electrons. The van der Waals surface area contributed by atoms with Crippen LogP contribution in [-0.2, 0) is 15.0 Å². The van der Waals surface area contributed by atoms with Gasteiger partial charge in [0.15, 0.2) is 0 Å². The number of rotatable bonds is 6. The van der Waals surface area contributed by atoms with E-state index in [2.05, 4.69) is 4.72 Å². The van der Waals surface area contributed by atoms with Crippen molar-refractivity contribution in [1.29, 1.82) is 0 Å². The van der Waals surface area contributed by atoms with Gasteiger partial charge >= 0.3 is 5.97 Å². The number of nitrogens with zero attached hydrogens (tertiary/aromatic N) is 1. The van der Waals surface area contributed by atoms with Crippen molar-refractivity contribution < 1.29 is 18.3 Å². The van der Waals surface area contributed by atoms with E-state index >= 15 is 0 Å². The maximum absolute atomic E-state index is 12.1. The number of carboxylic acids is 1. The average Bonchev–Trinajstić information content (AvgIpc) is 2.26. The monoisotopic (exact) mass is 278 g/mol. The molecule has 0 saturated carbocycles. The van der Waals surface area contributed by atoms with E-state index in [1.807, 2.05) is 6.92 Å².